The molecule has 0 radical (unpaired) electrons. The van der Waals surface area contributed by atoms with E-state index >= 15 is 0 Å². The predicted octanol–water partition coefficient (Wildman–Crippen LogP) is 3.09. The predicted molar refractivity (Wildman–Crippen MR) is 126 cm³/mol. The van der Waals surface area contributed by atoms with Gasteiger partial charge in [-0.1, -0.05) is 48.0 Å². The molecule has 1 aliphatic heterocycles. The Morgan fingerprint density at radius 1 is 1.06 bits per heavy atom. The first-order valence-electron chi connectivity index (χ1n) is 10.9. The van der Waals surface area contributed by atoms with Crippen LogP contribution in [0.4, 0.5) is 0 Å². The number of nitrogens with zero attached hydrogens (tertiary/aromatic N) is 2. The number of unbranched alkanes of at least 4 members (excludes halogenated alkanes) is 1. The number of hydrogen-bond acceptors (Lipinski definition) is 5. The molecular formula is C24H29ClN4O3. The van der Waals surface area contributed by atoms with E-state index in [1.165, 1.54) is 0 Å². The van der Waals surface area contributed by atoms with E-state index in [-0.39, 0.29) is 17.9 Å². The molecule has 170 valence electrons. The molecular weight excluding hydrogens is 428 g/mol. The number of nitrogens with one attached hydrogen (secondary N) is 2. The number of hydrogen-bond donors (Lipinski definition) is 2. The molecule has 0 spiro atoms. The number of hydrazone groups is 1. The topological polar surface area (TPSA) is 83.0 Å². The molecule has 1 atom stereocenters. The van der Waals surface area contributed by atoms with Gasteiger partial charge in [-0.25, -0.2) is 5.43 Å². The standard InChI is InChI=1S/C24H29ClN4O3/c25-21-11-5-4-10-20(21)18-27-28-24(31)22(29-14-16-32-17-15-29)12-6-7-13-26-23(30)19-8-2-1-3-9-19/h1-5,8-11,18,22H,6-7,12-17H2,(H,26,30)(H,28,31)/b27-18+/t22-/m1/s1. The Morgan fingerprint density at radius 3 is 2.53 bits per heavy atom. The van der Waals surface area contributed by atoms with Crippen molar-refractivity contribution in [1.82, 2.24) is 15.6 Å². The molecule has 2 amide bonds. The Kier molecular flexibility index (Phi) is 9.68. The van der Waals surface area contributed by atoms with Crippen LogP contribution in [-0.2, 0) is 9.53 Å². The Balaban J connectivity index is 1.48. The van der Waals surface area contributed by atoms with Crippen LogP contribution in [0.1, 0.15) is 35.2 Å². The number of ether oxygens (including phenoxy) is 1. The fourth-order valence-electron chi connectivity index (χ4n) is 3.54. The van der Waals surface area contributed by atoms with Gasteiger partial charge in [0, 0.05) is 35.8 Å². The van der Waals surface area contributed by atoms with E-state index in [0.29, 0.717) is 49.9 Å². The van der Waals surface area contributed by atoms with Crippen molar-refractivity contribution in [3.8, 4) is 0 Å². The number of carbonyl (C=O) groups excluding carboxylic acids is 2. The first kappa shape index (κ1) is 23.9. The summed E-state index contributed by atoms with van der Waals surface area (Å²) in [4.78, 5) is 27.1. The molecule has 8 heteroatoms. The summed E-state index contributed by atoms with van der Waals surface area (Å²) in [7, 11) is 0. The second-order valence-electron chi connectivity index (χ2n) is 7.54. The van der Waals surface area contributed by atoms with Gasteiger partial charge in [-0.2, -0.15) is 5.10 Å². The van der Waals surface area contributed by atoms with Crippen molar-refractivity contribution < 1.29 is 14.3 Å². The molecule has 3 rings (SSSR count). The summed E-state index contributed by atoms with van der Waals surface area (Å²) in [6.07, 6.45) is 3.82. The highest BCUT2D eigenvalue weighted by Crippen LogP contribution is 2.13. The van der Waals surface area contributed by atoms with E-state index in [2.05, 4.69) is 20.7 Å². The van der Waals surface area contributed by atoms with Crippen molar-refractivity contribution in [3.05, 3.63) is 70.7 Å². The highest BCUT2D eigenvalue weighted by molar-refractivity contribution is 6.33. The first-order chi connectivity index (χ1) is 15.6. The SMILES string of the molecule is O=C(NCCCC[C@H](C(=O)N/N=C/c1ccccc1Cl)N1CCOCC1)c1ccccc1. The van der Waals surface area contributed by atoms with Gasteiger partial charge in [-0.15, -0.1) is 0 Å². The van der Waals surface area contributed by atoms with Crippen LogP contribution < -0.4 is 10.7 Å². The minimum Gasteiger partial charge on any atom is -0.379 e. The number of carbonyl (C=O) groups is 2. The maximum absolute atomic E-state index is 12.9. The molecule has 0 unspecified atom stereocenters. The van der Waals surface area contributed by atoms with Crippen molar-refractivity contribution in [1.29, 1.82) is 0 Å². The normalized spacial score (nSPS) is 15.4. The van der Waals surface area contributed by atoms with E-state index in [1.54, 1.807) is 24.4 Å². The Hall–Kier alpha value is -2.74. The molecule has 32 heavy (non-hydrogen) atoms. The van der Waals surface area contributed by atoms with Crippen LogP contribution in [0.5, 0.6) is 0 Å². The molecule has 1 fully saturated rings. The van der Waals surface area contributed by atoms with Gasteiger partial charge in [0.25, 0.3) is 11.8 Å². The minimum atomic E-state index is -0.299. The lowest BCUT2D eigenvalue weighted by Crippen LogP contribution is -2.50. The summed E-state index contributed by atoms with van der Waals surface area (Å²) in [5.41, 5.74) is 4.05. The van der Waals surface area contributed by atoms with Crippen LogP contribution in [0.15, 0.2) is 59.7 Å². The quantitative estimate of drug-likeness (QED) is 0.327. The zero-order chi connectivity index (χ0) is 22.6. The maximum Gasteiger partial charge on any atom is 0.257 e. The Labute approximate surface area is 193 Å². The lowest BCUT2D eigenvalue weighted by atomic mass is 10.1. The highest BCUT2D eigenvalue weighted by atomic mass is 35.5. The van der Waals surface area contributed by atoms with Gasteiger partial charge in [0.2, 0.25) is 0 Å². The van der Waals surface area contributed by atoms with Crippen LogP contribution in [0.3, 0.4) is 0 Å². The smallest absolute Gasteiger partial charge is 0.257 e. The van der Waals surface area contributed by atoms with Crippen molar-refractivity contribution in [2.75, 3.05) is 32.8 Å². The third-order valence-electron chi connectivity index (χ3n) is 5.30. The fraction of sp³-hybridized carbons (Fsp3) is 0.375. The zero-order valence-electron chi connectivity index (χ0n) is 18.0. The summed E-state index contributed by atoms with van der Waals surface area (Å²) >= 11 is 6.13. The Morgan fingerprint density at radius 2 is 1.78 bits per heavy atom. The molecule has 0 saturated carbocycles. The van der Waals surface area contributed by atoms with Crippen LogP contribution in [0, 0.1) is 0 Å². The monoisotopic (exact) mass is 456 g/mol. The molecule has 0 aromatic heterocycles. The molecule has 2 aromatic carbocycles. The van der Waals surface area contributed by atoms with E-state index in [0.717, 1.165) is 18.4 Å². The average molecular weight is 457 g/mol. The van der Waals surface area contributed by atoms with Crippen LogP contribution >= 0.6 is 11.6 Å². The maximum atomic E-state index is 12.9. The lowest BCUT2D eigenvalue weighted by Gasteiger charge is -2.33. The van der Waals surface area contributed by atoms with Gasteiger partial charge in [-0.3, -0.25) is 14.5 Å². The zero-order valence-corrected chi connectivity index (χ0v) is 18.8. The molecule has 2 aromatic rings. The highest BCUT2D eigenvalue weighted by Gasteiger charge is 2.26. The molecule has 1 aliphatic rings. The molecule has 7 nitrogen and oxygen atoms in total. The number of amides is 2. The second-order valence-corrected chi connectivity index (χ2v) is 7.94. The van der Waals surface area contributed by atoms with Gasteiger partial charge in [0.05, 0.1) is 25.5 Å². The Bertz CT molecular complexity index is 901. The number of benzene rings is 2. The van der Waals surface area contributed by atoms with E-state index < -0.39 is 0 Å². The van der Waals surface area contributed by atoms with E-state index in [1.807, 2.05) is 36.4 Å². The summed E-state index contributed by atoms with van der Waals surface area (Å²) in [6.45, 7) is 3.20. The molecule has 0 aliphatic carbocycles. The molecule has 1 heterocycles. The minimum absolute atomic E-state index is 0.0815. The second kappa shape index (κ2) is 13.0. The van der Waals surface area contributed by atoms with Crippen LogP contribution in [-0.4, -0.2) is 61.8 Å². The van der Waals surface area contributed by atoms with Crippen LogP contribution in [0.2, 0.25) is 5.02 Å². The fourth-order valence-corrected chi connectivity index (χ4v) is 3.73. The number of halogens is 1. The third-order valence-corrected chi connectivity index (χ3v) is 5.64. The van der Waals surface area contributed by atoms with Crippen molar-refractivity contribution >= 4 is 29.6 Å². The number of morpholine rings is 1. The largest absolute Gasteiger partial charge is 0.379 e. The van der Waals surface area contributed by atoms with E-state index in [4.69, 9.17) is 16.3 Å². The molecule has 0 bridgehead atoms. The van der Waals surface area contributed by atoms with E-state index in [9.17, 15) is 9.59 Å². The van der Waals surface area contributed by atoms with Crippen LogP contribution in [0.25, 0.3) is 0 Å². The molecule has 2 N–H and O–H groups in total. The van der Waals surface area contributed by atoms with Crippen molar-refractivity contribution in [2.24, 2.45) is 5.10 Å². The summed E-state index contributed by atoms with van der Waals surface area (Å²) in [5, 5.41) is 7.60. The summed E-state index contributed by atoms with van der Waals surface area (Å²) in [5.74, 6) is -0.231. The van der Waals surface area contributed by atoms with Gasteiger partial charge in [0.15, 0.2) is 0 Å². The summed E-state index contributed by atoms with van der Waals surface area (Å²) in [6, 6.07) is 16.2. The van der Waals surface area contributed by atoms with Gasteiger partial charge >= 0.3 is 0 Å². The third kappa shape index (κ3) is 7.44. The molecule has 1 saturated heterocycles. The van der Waals surface area contributed by atoms with Gasteiger partial charge < -0.3 is 10.1 Å². The number of rotatable bonds is 10. The van der Waals surface area contributed by atoms with Crippen molar-refractivity contribution in [2.45, 2.75) is 25.3 Å². The first-order valence-corrected chi connectivity index (χ1v) is 11.3. The van der Waals surface area contributed by atoms with Gasteiger partial charge in [0.1, 0.15) is 0 Å². The van der Waals surface area contributed by atoms with Crippen molar-refractivity contribution in [3.63, 3.8) is 0 Å². The lowest BCUT2D eigenvalue weighted by molar-refractivity contribution is -0.128. The van der Waals surface area contributed by atoms with Gasteiger partial charge in [-0.05, 0) is 37.5 Å². The summed E-state index contributed by atoms with van der Waals surface area (Å²) < 4.78 is 5.43. The average Bonchev–Trinajstić information content (AvgIpc) is 2.83.